The lowest BCUT2D eigenvalue weighted by Crippen LogP contribution is -2.26. The molecule has 3 unspecified atom stereocenters. The Morgan fingerprint density at radius 3 is 1.32 bits per heavy atom. The first-order valence-electron chi connectivity index (χ1n) is 9.89. The average molecular weight is 390 g/mol. The largest absolute Gasteiger partial charge is 0.379 e. The van der Waals surface area contributed by atoms with Crippen LogP contribution in [0.3, 0.4) is 0 Å². The van der Waals surface area contributed by atoms with Crippen LogP contribution in [0, 0.1) is 51.7 Å². The summed E-state index contributed by atoms with van der Waals surface area (Å²) in [5.41, 5.74) is -1.82. The van der Waals surface area contributed by atoms with Crippen molar-refractivity contribution in [1.29, 1.82) is 15.8 Å². The van der Waals surface area contributed by atoms with Gasteiger partial charge in [-0.15, -0.1) is 0 Å². The van der Waals surface area contributed by atoms with Crippen molar-refractivity contribution >= 4 is 0 Å². The van der Waals surface area contributed by atoms with Crippen LogP contribution in [0.2, 0.25) is 0 Å². The van der Waals surface area contributed by atoms with Gasteiger partial charge in [0.15, 0.2) is 11.1 Å². The number of ether oxygens (including phenoxy) is 1. The van der Waals surface area contributed by atoms with E-state index in [4.69, 9.17) is 10.00 Å². The second kappa shape index (κ2) is 12.5. The van der Waals surface area contributed by atoms with Crippen molar-refractivity contribution in [3.63, 3.8) is 0 Å². The summed E-state index contributed by atoms with van der Waals surface area (Å²) in [6.07, 6.45) is 2.09. The van der Waals surface area contributed by atoms with Crippen LogP contribution in [0.4, 0.5) is 0 Å². The molecular weight excluding hydrogens is 350 g/mol. The summed E-state index contributed by atoms with van der Waals surface area (Å²) in [7, 11) is 1.67. The van der Waals surface area contributed by atoms with E-state index in [1.165, 1.54) is 0 Å². The number of hydrogen-bond donors (Lipinski definition) is 0. The quantitative estimate of drug-likeness (QED) is 0.447. The highest BCUT2D eigenvalue weighted by Gasteiger charge is 2.29. The van der Waals surface area contributed by atoms with Crippen LogP contribution in [-0.2, 0) is 4.74 Å². The summed E-state index contributed by atoms with van der Waals surface area (Å²) in [4.78, 5) is 0. The zero-order valence-corrected chi connectivity index (χ0v) is 19.5. The molecule has 0 rings (SSSR count). The van der Waals surface area contributed by atoms with Crippen molar-refractivity contribution in [2.75, 3.05) is 7.11 Å². The van der Waals surface area contributed by atoms with Crippen molar-refractivity contribution in [2.24, 2.45) is 28.0 Å². The normalized spacial score (nSPS) is 16.9. The van der Waals surface area contributed by atoms with E-state index in [1.807, 2.05) is 48.5 Å². The highest BCUT2D eigenvalue weighted by Crippen LogP contribution is 2.26. The molecule has 0 aliphatic heterocycles. The molecule has 0 amide bonds. The lowest BCUT2D eigenvalue weighted by atomic mass is 9.92. The Morgan fingerprint density at radius 1 is 0.750 bits per heavy atom. The van der Waals surface area contributed by atoms with Gasteiger partial charge < -0.3 is 4.74 Å². The zero-order chi connectivity index (χ0) is 22.6. The molecule has 0 spiro atoms. The van der Waals surface area contributed by atoms with Gasteiger partial charge in [0.1, 0.15) is 0 Å². The van der Waals surface area contributed by atoms with Crippen molar-refractivity contribution in [3.05, 3.63) is 0 Å². The molecule has 0 aromatic carbocycles. The monoisotopic (exact) mass is 389 g/mol. The van der Waals surface area contributed by atoms with E-state index >= 15 is 0 Å². The van der Waals surface area contributed by atoms with Gasteiger partial charge in [0, 0.05) is 13.0 Å². The molecule has 0 fully saturated rings. The zero-order valence-electron chi connectivity index (χ0n) is 19.5. The number of nitriles is 3. The fourth-order valence-electron chi connectivity index (χ4n) is 2.89. The molecule has 0 bridgehead atoms. The van der Waals surface area contributed by atoms with Gasteiger partial charge in [0.05, 0.1) is 23.8 Å². The van der Waals surface area contributed by atoms with E-state index in [2.05, 4.69) is 28.4 Å². The fraction of sp³-hybridized carbons (Fsp3) is 0.864. The Morgan fingerprint density at radius 2 is 1.11 bits per heavy atom. The highest BCUT2D eigenvalue weighted by atomic mass is 16.5. The van der Waals surface area contributed by atoms with E-state index < -0.39 is 11.1 Å². The molecule has 0 radical (unpaired) electrons. The van der Waals surface area contributed by atoms with Crippen LogP contribution < -0.4 is 0 Å². The lowest BCUT2D eigenvalue weighted by Gasteiger charge is -2.23. The number of hydrogen-bond acceptors (Lipinski definition) is 6. The second-order valence-electron chi connectivity index (χ2n) is 9.37. The molecule has 0 aromatic rings. The molecular formula is C22H39N5O. The van der Waals surface area contributed by atoms with Gasteiger partial charge in [-0.1, -0.05) is 27.7 Å². The maximum atomic E-state index is 9.20. The predicted octanol–water partition coefficient (Wildman–Crippen LogP) is 6.06. The van der Waals surface area contributed by atoms with Crippen LogP contribution in [0.1, 0.15) is 81.6 Å². The molecule has 6 heteroatoms. The number of azo groups is 1. The molecule has 0 N–H and O–H groups in total. The summed E-state index contributed by atoms with van der Waals surface area (Å²) in [5.74, 6) is 0.814. The standard InChI is InChI=1S/C14H24N4.C8H15NO/c1-11(2)7-13(5,9-15)17-18-14(6,10-16)8-12(3)4;1-7(6-9)5-8(2,3)10-4/h11-12H,7-8H2,1-6H3;7H,5H2,1-4H3. The molecule has 3 atom stereocenters. The van der Waals surface area contributed by atoms with Gasteiger partial charge in [-0.25, -0.2) is 0 Å². The first kappa shape index (κ1) is 28.2. The Labute approximate surface area is 172 Å². The third-order valence-corrected chi connectivity index (χ3v) is 4.16. The second-order valence-corrected chi connectivity index (χ2v) is 9.37. The van der Waals surface area contributed by atoms with E-state index in [1.54, 1.807) is 21.0 Å². The van der Waals surface area contributed by atoms with E-state index in [0.29, 0.717) is 24.7 Å². The van der Waals surface area contributed by atoms with Gasteiger partial charge in [0.25, 0.3) is 0 Å². The first-order valence-corrected chi connectivity index (χ1v) is 9.89. The third kappa shape index (κ3) is 13.2. The van der Waals surface area contributed by atoms with Gasteiger partial charge in [-0.2, -0.15) is 26.0 Å². The van der Waals surface area contributed by atoms with Gasteiger partial charge in [-0.05, 0) is 65.7 Å². The summed E-state index contributed by atoms with van der Waals surface area (Å²) in [6.45, 7) is 17.6. The Hall–Kier alpha value is -1.97. The Balaban J connectivity index is 0. The minimum atomic E-state index is -0.830. The van der Waals surface area contributed by atoms with E-state index in [0.717, 1.165) is 6.42 Å². The average Bonchev–Trinajstić information content (AvgIpc) is 2.59. The van der Waals surface area contributed by atoms with Gasteiger partial charge >= 0.3 is 0 Å². The summed E-state index contributed by atoms with van der Waals surface area (Å²) in [6, 6.07) is 6.56. The molecule has 6 nitrogen and oxygen atoms in total. The minimum absolute atomic E-state index is 0.0787. The molecule has 158 valence electrons. The topological polar surface area (TPSA) is 105 Å². The molecule has 0 saturated carbocycles. The molecule has 28 heavy (non-hydrogen) atoms. The van der Waals surface area contributed by atoms with Crippen molar-refractivity contribution < 1.29 is 4.74 Å². The molecule has 0 aromatic heterocycles. The van der Waals surface area contributed by atoms with Gasteiger partial charge in [0.2, 0.25) is 0 Å². The van der Waals surface area contributed by atoms with Crippen LogP contribution in [-0.4, -0.2) is 23.8 Å². The Kier molecular flexibility index (Phi) is 12.6. The maximum absolute atomic E-state index is 9.20. The number of nitrogens with zero attached hydrogens (tertiary/aromatic N) is 5. The molecule has 0 aliphatic rings. The third-order valence-electron chi connectivity index (χ3n) is 4.16. The SMILES string of the molecule is CC(C)CC(C)(C#N)N=NC(C)(C#N)CC(C)C.COC(C)(C)CC(C)C#N. The Bertz CT molecular complexity index is 570. The van der Waals surface area contributed by atoms with E-state index in [9.17, 15) is 10.5 Å². The maximum Gasteiger partial charge on any atom is 0.165 e. The van der Waals surface area contributed by atoms with Crippen LogP contribution in [0.25, 0.3) is 0 Å². The lowest BCUT2D eigenvalue weighted by molar-refractivity contribution is 0.00882. The highest BCUT2D eigenvalue weighted by molar-refractivity contribution is 5.07. The van der Waals surface area contributed by atoms with Gasteiger partial charge in [-0.3, -0.25) is 0 Å². The summed E-state index contributed by atoms with van der Waals surface area (Å²) >= 11 is 0. The smallest absolute Gasteiger partial charge is 0.165 e. The van der Waals surface area contributed by atoms with E-state index in [-0.39, 0.29) is 11.5 Å². The summed E-state index contributed by atoms with van der Waals surface area (Å²) < 4.78 is 5.16. The molecule has 0 aliphatic carbocycles. The van der Waals surface area contributed by atoms with Crippen LogP contribution in [0.15, 0.2) is 10.2 Å². The fourth-order valence-corrected chi connectivity index (χ4v) is 2.89. The van der Waals surface area contributed by atoms with Crippen LogP contribution in [0.5, 0.6) is 0 Å². The van der Waals surface area contributed by atoms with Crippen molar-refractivity contribution in [3.8, 4) is 18.2 Å². The van der Waals surface area contributed by atoms with Crippen molar-refractivity contribution in [1.82, 2.24) is 0 Å². The minimum Gasteiger partial charge on any atom is -0.379 e. The van der Waals surface area contributed by atoms with Crippen LogP contribution >= 0.6 is 0 Å². The predicted molar refractivity (Wildman–Crippen MR) is 112 cm³/mol. The number of rotatable bonds is 9. The first-order chi connectivity index (χ1) is 12.7. The summed E-state index contributed by atoms with van der Waals surface area (Å²) in [5, 5.41) is 35.2. The molecule has 0 saturated heterocycles. The number of methoxy groups -OCH3 is 1. The van der Waals surface area contributed by atoms with Crippen molar-refractivity contribution in [2.45, 2.75) is 98.3 Å². The molecule has 0 heterocycles.